The highest BCUT2D eigenvalue weighted by atomic mass is 35.5. The first-order valence-electron chi connectivity index (χ1n) is 8.01. The van der Waals surface area contributed by atoms with Gasteiger partial charge < -0.3 is 21.3 Å². The summed E-state index contributed by atoms with van der Waals surface area (Å²) >= 11 is 6.08. The maximum Gasteiger partial charge on any atom is 0.323 e. The number of carbonyl (C=O) groups is 1. The summed E-state index contributed by atoms with van der Waals surface area (Å²) in [5.74, 6) is 0.749. The van der Waals surface area contributed by atoms with E-state index in [-0.39, 0.29) is 18.4 Å². The van der Waals surface area contributed by atoms with Crippen LogP contribution >= 0.6 is 24.0 Å². The molecule has 2 aromatic carbocycles. The molecule has 0 atom stereocenters. The zero-order valence-corrected chi connectivity index (χ0v) is 16.1. The van der Waals surface area contributed by atoms with Crippen LogP contribution in [0.1, 0.15) is 11.1 Å². The summed E-state index contributed by atoms with van der Waals surface area (Å²) in [6, 6.07) is 10.7. The van der Waals surface area contributed by atoms with Gasteiger partial charge in [0.2, 0.25) is 0 Å². The van der Waals surface area contributed by atoms with E-state index in [1.54, 1.807) is 6.07 Å². The molecule has 0 bridgehead atoms. The van der Waals surface area contributed by atoms with Gasteiger partial charge in [0.1, 0.15) is 0 Å². The molecule has 0 fully saturated rings. The van der Waals surface area contributed by atoms with Crippen molar-refractivity contribution in [1.29, 1.82) is 0 Å². The maximum absolute atomic E-state index is 12.2. The highest BCUT2D eigenvalue weighted by Gasteiger charge is 2.09. The van der Waals surface area contributed by atoms with Crippen LogP contribution in [0.2, 0.25) is 5.02 Å². The average Bonchev–Trinajstić information content (AvgIpc) is 3.07. The molecule has 1 aliphatic rings. The van der Waals surface area contributed by atoms with Crippen LogP contribution in [0, 0.1) is 13.8 Å². The molecule has 0 saturated heterocycles. The van der Waals surface area contributed by atoms with Gasteiger partial charge >= 0.3 is 6.03 Å². The molecule has 3 rings (SSSR count). The molecule has 0 spiro atoms. The number of anilines is 3. The molecule has 0 aromatic heterocycles. The van der Waals surface area contributed by atoms with Crippen LogP contribution < -0.4 is 21.3 Å². The Morgan fingerprint density at radius 3 is 2.35 bits per heavy atom. The second kappa shape index (κ2) is 8.78. The summed E-state index contributed by atoms with van der Waals surface area (Å²) < 4.78 is 0. The number of benzene rings is 2. The topological polar surface area (TPSA) is 77.6 Å². The molecule has 0 radical (unpaired) electrons. The van der Waals surface area contributed by atoms with Crippen molar-refractivity contribution in [3.63, 3.8) is 0 Å². The van der Waals surface area contributed by atoms with E-state index in [0.717, 1.165) is 35.9 Å². The largest absolute Gasteiger partial charge is 0.354 e. The molecule has 0 aliphatic carbocycles. The van der Waals surface area contributed by atoms with Crippen molar-refractivity contribution in [3.8, 4) is 0 Å². The third kappa shape index (κ3) is 5.03. The van der Waals surface area contributed by atoms with Crippen LogP contribution in [0.25, 0.3) is 0 Å². The van der Waals surface area contributed by atoms with E-state index in [9.17, 15) is 4.79 Å². The normalized spacial score (nSPS) is 12.5. The SMILES string of the molecule is Cc1ccc(NC(=O)Nc2ccc(C)c(NC3=NCCN3)c2)cc1Cl.Cl. The minimum Gasteiger partial charge on any atom is -0.354 e. The molecule has 0 unspecified atom stereocenters. The highest BCUT2D eigenvalue weighted by Crippen LogP contribution is 2.22. The lowest BCUT2D eigenvalue weighted by Crippen LogP contribution is -2.26. The molecular formula is C18H21Cl2N5O. The number of urea groups is 1. The van der Waals surface area contributed by atoms with E-state index in [1.165, 1.54) is 0 Å². The number of aryl methyl sites for hydroxylation is 2. The van der Waals surface area contributed by atoms with Gasteiger partial charge in [-0.1, -0.05) is 23.7 Å². The zero-order chi connectivity index (χ0) is 17.8. The summed E-state index contributed by atoms with van der Waals surface area (Å²) in [6.45, 7) is 5.51. The zero-order valence-electron chi connectivity index (χ0n) is 14.5. The van der Waals surface area contributed by atoms with Crippen molar-refractivity contribution >= 4 is 53.1 Å². The van der Waals surface area contributed by atoms with Crippen LogP contribution in [-0.4, -0.2) is 25.1 Å². The molecule has 2 amide bonds. The van der Waals surface area contributed by atoms with Crippen LogP contribution in [0.5, 0.6) is 0 Å². The lowest BCUT2D eigenvalue weighted by atomic mass is 10.2. The number of aliphatic imine (C=N–C) groups is 1. The molecular weight excluding hydrogens is 373 g/mol. The van der Waals surface area contributed by atoms with Crippen molar-refractivity contribution in [1.82, 2.24) is 5.32 Å². The number of nitrogens with one attached hydrogen (secondary N) is 4. The Hall–Kier alpha value is -2.44. The molecule has 26 heavy (non-hydrogen) atoms. The fraction of sp³-hybridized carbons (Fsp3) is 0.222. The van der Waals surface area contributed by atoms with Gasteiger partial charge in [-0.15, -0.1) is 12.4 Å². The predicted octanol–water partition coefficient (Wildman–Crippen LogP) is 4.39. The average molecular weight is 394 g/mol. The van der Waals surface area contributed by atoms with Crippen LogP contribution in [-0.2, 0) is 0 Å². The summed E-state index contributed by atoms with van der Waals surface area (Å²) in [5.41, 5.74) is 4.24. The number of rotatable bonds is 3. The Labute approximate surface area is 163 Å². The lowest BCUT2D eigenvalue weighted by Gasteiger charge is -2.13. The molecule has 4 N–H and O–H groups in total. The van der Waals surface area contributed by atoms with Gasteiger partial charge in [0.15, 0.2) is 5.96 Å². The Morgan fingerprint density at radius 1 is 1.08 bits per heavy atom. The third-order valence-corrected chi connectivity index (χ3v) is 4.26. The first-order chi connectivity index (χ1) is 12.0. The Kier molecular flexibility index (Phi) is 6.71. The number of hydrogen-bond donors (Lipinski definition) is 4. The Bertz CT molecular complexity index is 838. The van der Waals surface area contributed by atoms with Crippen LogP contribution in [0.4, 0.5) is 21.9 Å². The van der Waals surface area contributed by atoms with Crippen molar-refractivity contribution in [3.05, 3.63) is 52.5 Å². The lowest BCUT2D eigenvalue weighted by molar-refractivity contribution is 0.262. The summed E-state index contributed by atoms with van der Waals surface area (Å²) in [4.78, 5) is 16.5. The van der Waals surface area contributed by atoms with E-state index in [0.29, 0.717) is 16.4 Å². The van der Waals surface area contributed by atoms with Crippen molar-refractivity contribution in [2.75, 3.05) is 29.0 Å². The van der Waals surface area contributed by atoms with Gasteiger partial charge in [-0.05, 0) is 49.2 Å². The molecule has 2 aromatic rings. The smallest absolute Gasteiger partial charge is 0.323 e. The van der Waals surface area contributed by atoms with Gasteiger partial charge in [-0.2, -0.15) is 0 Å². The second-order valence-electron chi connectivity index (χ2n) is 5.85. The number of carbonyl (C=O) groups excluding carboxylic acids is 1. The number of nitrogens with zero attached hydrogens (tertiary/aromatic N) is 1. The quantitative estimate of drug-likeness (QED) is 0.624. The first kappa shape index (κ1) is 19.9. The van der Waals surface area contributed by atoms with Crippen LogP contribution in [0.15, 0.2) is 41.4 Å². The fourth-order valence-electron chi connectivity index (χ4n) is 2.41. The first-order valence-corrected chi connectivity index (χ1v) is 8.39. The molecule has 6 nitrogen and oxygen atoms in total. The van der Waals surface area contributed by atoms with E-state index in [4.69, 9.17) is 11.6 Å². The maximum atomic E-state index is 12.2. The molecule has 1 heterocycles. The van der Waals surface area contributed by atoms with Gasteiger partial charge in [0, 0.05) is 28.6 Å². The number of halogens is 2. The van der Waals surface area contributed by atoms with Crippen LogP contribution in [0.3, 0.4) is 0 Å². The van der Waals surface area contributed by atoms with Gasteiger partial charge in [0.05, 0.1) is 6.54 Å². The summed E-state index contributed by atoms with van der Waals surface area (Å²) in [7, 11) is 0. The standard InChI is InChI=1S/C18H20ClN5O.ClH/c1-11-3-5-13(9-15(11)19)22-18(25)23-14-6-4-12(2)16(10-14)24-17-20-7-8-21-17;/h3-6,9-10H,7-8H2,1-2H3,(H2,20,21,24)(H2,22,23,25);1H. The van der Waals surface area contributed by atoms with E-state index in [1.807, 2.05) is 44.2 Å². The highest BCUT2D eigenvalue weighted by molar-refractivity contribution is 6.31. The van der Waals surface area contributed by atoms with Gasteiger partial charge in [-0.3, -0.25) is 4.99 Å². The van der Waals surface area contributed by atoms with Gasteiger partial charge in [0.25, 0.3) is 0 Å². The van der Waals surface area contributed by atoms with E-state index < -0.39 is 0 Å². The number of guanidine groups is 1. The second-order valence-corrected chi connectivity index (χ2v) is 6.26. The van der Waals surface area contributed by atoms with E-state index in [2.05, 4.69) is 26.3 Å². The minimum absolute atomic E-state index is 0. The number of amides is 2. The van der Waals surface area contributed by atoms with Crippen molar-refractivity contribution < 1.29 is 4.79 Å². The molecule has 1 aliphatic heterocycles. The van der Waals surface area contributed by atoms with Gasteiger partial charge in [-0.25, -0.2) is 4.79 Å². The van der Waals surface area contributed by atoms with Crippen molar-refractivity contribution in [2.24, 2.45) is 4.99 Å². The van der Waals surface area contributed by atoms with E-state index >= 15 is 0 Å². The van der Waals surface area contributed by atoms with Crippen molar-refractivity contribution in [2.45, 2.75) is 13.8 Å². The monoisotopic (exact) mass is 393 g/mol. The molecule has 8 heteroatoms. The predicted molar refractivity (Wildman–Crippen MR) is 111 cm³/mol. The summed E-state index contributed by atoms with van der Waals surface area (Å²) in [6.07, 6.45) is 0. The number of hydrogen-bond acceptors (Lipinski definition) is 4. The molecule has 138 valence electrons. The molecule has 0 saturated carbocycles. The fourth-order valence-corrected chi connectivity index (χ4v) is 2.59. The Balaban J connectivity index is 0.00000243. The third-order valence-electron chi connectivity index (χ3n) is 3.85. The summed E-state index contributed by atoms with van der Waals surface area (Å²) in [5, 5.41) is 12.6. The Morgan fingerprint density at radius 2 is 1.73 bits per heavy atom. The minimum atomic E-state index is -0.328.